The summed E-state index contributed by atoms with van der Waals surface area (Å²) in [7, 11) is 2.90. The topological polar surface area (TPSA) is 72.0 Å². The van der Waals surface area contributed by atoms with Crippen LogP contribution < -0.4 is 15.4 Å². The smallest absolute Gasteiger partial charge is 0.341 e. The second kappa shape index (κ2) is 11.2. The summed E-state index contributed by atoms with van der Waals surface area (Å²) in [4.78, 5) is 16.7. The first kappa shape index (κ1) is 24.0. The molecule has 0 spiro atoms. The first-order valence-electron chi connectivity index (χ1n) is 9.95. The number of nitrogens with zero attached hydrogens (tertiary/aromatic N) is 1. The lowest BCUT2D eigenvalue weighted by molar-refractivity contribution is 0.0597. The molecule has 0 aliphatic heterocycles. The summed E-state index contributed by atoms with van der Waals surface area (Å²) in [6, 6.07) is 16.1. The lowest BCUT2D eigenvalue weighted by Gasteiger charge is -2.19. The highest BCUT2D eigenvalue weighted by molar-refractivity contribution is 14.0. The van der Waals surface area contributed by atoms with Gasteiger partial charge in [0.25, 0.3) is 0 Å². The fourth-order valence-electron chi connectivity index (χ4n) is 3.40. The molecule has 6 nitrogen and oxygen atoms in total. The SMILES string of the molecule is CCNC(=NCc1ccc(OC)c(C(=O)OC)c1)NCC1(c2ccccc2)CC1.I. The van der Waals surface area contributed by atoms with Gasteiger partial charge in [-0.2, -0.15) is 0 Å². The fraction of sp³-hybridized carbons (Fsp3) is 0.391. The molecular weight excluding hydrogens is 493 g/mol. The number of carbonyl (C=O) groups excluding carboxylic acids is 1. The Kier molecular flexibility index (Phi) is 8.95. The minimum Gasteiger partial charge on any atom is -0.496 e. The van der Waals surface area contributed by atoms with Gasteiger partial charge in [0.15, 0.2) is 5.96 Å². The number of rotatable bonds is 8. The van der Waals surface area contributed by atoms with E-state index < -0.39 is 5.97 Å². The van der Waals surface area contributed by atoms with Gasteiger partial charge >= 0.3 is 5.97 Å². The van der Waals surface area contributed by atoms with Gasteiger partial charge in [0.05, 0.1) is 20.8 Å². The van der Waals surface area contributed by atoms with E-state index in [1.807, 2.05) is 13.0 Å². The molecular formula is C23H30IN3O3. The Balaban J connectivity index is 0.00000320. The van der Waals surface area contributed by atoms with Crippen molar-refractivity contribution in [2.24, 2.45) is 4.99 Å². The first-order valence-corrected chi connectivity index (χ1v) is 9.95. The second-order valence-electron chi connectivity index (χ2n) is 7.22. The average Bonchev–Trinajstić information content (AvgIpc) is 3.56. The number of halogens is 1. The van der Waals surface area contributed by atoms with Crippen LogP contribution in [0.4, 0.5) is 0 Å². The normalized spacial score (nSPS) is 14.3. The van der Waals surface area contributed by atoms with Crippen LogP contribution in [-0.2, 0) is 16.7 Å². The highest BCUT2D eigenvalue weighted by Crippen LogP contribution is 2.47. The number of hydrogen-bond acceptors (Lipinski definition) is 4. The maximum absolute atomic E-state index is 12.0. The molecule has 162 valence electrons. The van der Waals surface area contributed by atoms with Gasteiger partial charge in [-0.3, -0.25) is 0 Å². The Hall–Kier alpha value is -2.29. The minimum atomic E-state index is -0.420. The number of aliphatic imine (C=N–C) groups is 1. The van der Waals surface area contributed by atoms with Crippen LogP contribution in [0.1, 0.15) is 41.3 Å². The van der Waals surface area contributed by atoms with E-state index >= 15 is 0 Å². The fourth-order valence-corrected chi connectivity index (χ4v) is 3.40. The van der Waals surface area contributed by atoms with Gasteiger partial charge in [-0.05, 0) is 43.0 Å². The van der Waals surface area contributed by atoms with Gasteiger partial charge in [0, 0.05) is 18.5 Å². The van der Waals surface area contributed by atoms with Crippen LogP contribution in [0.2, 0.25) is 0 Å². The Morgan fingerprint density at radius 2 is 1.83 bits per heavy atom. The zero-order chi connectivity index (χ0) is 20.7. The van der Waals surface area contributed by atoms with E-state index in [0.29, 0.717) is 17.9 Å². The maximum Gasteiger partial charge on any atom is 0.341 e. The van der Waals surface area contributed by atoms with E-state index in [4.69, 9.17) is 14.5 Å². The third kappa shape index (κ3) is 5.87. The highest BCUT2D eigenvalue weighted by atomic mass is 127. The number of ether oxygens (including phenoxy) is 2. The summed E-state index contributed by atoms with van der Waals surface area (Å²) in [6.07, 6.45) is 2.37. The van der Waals surface area contributed by atoms with E-state index in [1.165, 1.54) is 32.6 Å². The quantitative estimate of drug-likeness (QED) is 0.238. The summed E-state index contributed by atoms with van der Waals surface area (Å²) in [6.45, 7) is 4.12. The molecule has 0 bridgehead atoms. The summed E-state index contributed by atoms with van der Waals surface area (Å²) < 4.78 is 10.1. The molecule has 0 saturated heterocycles. The van der Waals surface area contributed by atoms with Crippen molar-refractivity contribution >= 4 is 35.9 Å². The molecule has 0 amide bonds. The zero-order valence-corrected chi connectivity index (χ0v) is 20.1. The predicted octanol–water partition coefficient (Wildman–Crippen LogP) is 3.89. The zero-order valence-electron chi connectivity index (χ0n) is 17.7. The molecule has 2 aromatic rings. The van der Waals surface area contributed by atoms with Gasteiger partial charge in [-0.25, -0.2) is 9.79 Å². The molecule has 0 radical (unpaired) electrons. The van der Waals surface area contributed by atoms with Gasteiger partial charge in [0.2, 0.25) is 0 Å². The first-order chi connectivity index (χ1) is 14.1. The molecule has 1 fully saturated rings. The average molecular weight is 523 g/mol. The molecule has 1 aliphatic rings. The van der Waals surface area contributed by atoms with Crippen molar-refractivity contribution in [1.29, 1.82) is 0 Å². The maximum atomic E-state index is 12.0. The van der Waals surface area contributed by atoms with Crippen LogP contribution in [0.3, 0.4) is 0 Å². The van der Waals surface area contributed by atoms with Crippen molar-refractivity contribution < 1.29 is 14.3 Å². The number of carbonyl (C=O) groups is 1. The minimum absolute atomic E-state index is 0. The molecule has 0 heterocycles. The Labute approximate surface area is 195 Å². The van der Waals surface area contributed by atoms with Crippen LogP contribution in [-0.4, -0.2) is 39.2 Å². The van der Waals surface area contributed by atoms with Crippen molar-refractivity contribution in [3.05, 3.63) is 65.2 Å². The number of nitrogens with one attached hydrogen (secondary N) is 2. The molecule has 7 heteroatoms. The Bertz CT molecular complexity index is 867. The van der Waals surface area contributed by atoms with E-state index in [9.17, 15) is 4.79 Å². The van der Waals surface area contributed by atoms with Crippen molar-refractivity contribution in [2.75, 3.05) is 27.3 Å². The van der Waals surface area contributed by atoms with Crippen LogP contribution in [0, 0.1) is 0 Å². The predicted molar refractivity (Wildman–Crippen MR) is 130 cm³/mol. The van der Waals surface area contributed by atoms with E-state index in [0.717, 1.165) is 24.6 Å². The lowest BCUT2D eigenvalue weighted by Crippen LogP contribution is -2.41. The van der Waals surface area contributed by atoms with Crippen molar-refractivity contribution in [3.8, 4) is 5.75 Å². The third-order valence-electron chi connectivity index (χ3n) is 5.27. The molecule has 2 aromatic carbocycles. The molecule has 2 N–H and O–H groups in total. The largest absolute Gasteiger partial charge is 0.496 e. The molecule has 0 unspecified atom stereocenters. The summed E-state index contributed by atoms with van der Waals surface area (Å²) >= 11 is 0. The number of hydrogen-bond donors (Lipinski definition) is 2. The van der Waals surface area contributed by atoms with Gasteiger partial charge in [-0.1, -0.05) is 36.4 Å². The van der Waals surface area contributed by atoms with Crippen molar-refractivity contribution in [2.45, 2.75) is 31.7 Å². The van der Waals surface area contributed by atoms with E-state index in [-0.39, 0.29) is 29.4 Å². The molecule has 0 aromatic heterocycles. The molecule has 30 heavy (non-hydrogen) atoms. The monoisotopic (exact) mass is 523 g/mol. The van der Waals surface area contributed by atoms with Crippen LogP contribution in [0.15, 0.2) is 53.5 Å². The molecule has 0 atom stereocenters. The Morgan fingerprint density at radius 1 is 1.10 bits per heavy atom. The number of esters is 1. The van der Waals surface area contributed by atoms with Crippen molar-refractivity contribution in [1.82, 2.24) is 10.6 Å². The third-order valence-corrected chi connectivity index (χ3v) is 5.27. The van der Waals surface area contributed by atoms with Crippen LogP contribution in [0.25, 0.3) is 0 Å². The summed E-state index contributed by atoms with van der Waals surface area (Å²) in [5.74, 6) is 0.842. The molecule has 3 rings (SSSR count). The van der Waals surface area contributed by atoms with E-state index in [1.54, 1.807) is 12.1 Å². The second-order valence-corrected chi connectivity index (χ2v) is 7.22. The van der Waals surface area contributed by atoms with Gasteiger partial charge < -0.3 is 20.1 Å². The van der Waals surface area contributed by atoms with E-state index in [2.05, 4.69) is 41.0 Å². The number of benzene rings is 2. The van der Waals surface area contributed by atoms with Gasteiger partial charge in [-0.15, -0.1) is 24.0 Å². The lowest BCUT2D eigenvalue weighted by atomic mass is 9.96. The highest BCUT2D eigenvalue weighted by Gasteiger charge is 2.43. The van der Waals surface area contributed by atoms with Crippen LogP contribution in [0.5, 0.6) is 5.75 Å². The number of guanidine groups is 1. The number of methoxy groups -OCH3 is 2. The summed E-state index contributed by atoms with van der Waals surface area (Å²) in [5.41, 5.74) is 2.89. The van der Waals surface area contributed by atoms with Crippen molar-refractivity contribution in [3.63, 3.8) is 0 Å². The molecule has 1 aliphatic carbocycles. The standard InChI is InChI=1S/C23H29N3O3.HI/c1-4-24-22(26-16-23(12-13-23)18-8-6-5-7-9-18)25-15-17-10-11-20(28-2)19(14-17)21(27)29-3;/h5-11,14H,4,12-13,15-16H2,1-3H3,(H2,24,25,26);1H. The Morgan fingerprint density at radius 3 is 2.43 bits per heavy atom. The molecule has 1 saturated carbocycles. The summed E-state index contributed by atoms with van der Waals surface area (Å²) in [5, 5.41) is 6.78. The van der Waals surface area contributed by atoms with Gasteiger partial charge in [0.1, 0.15) is 11.3 Å². The van der Waals surface area contributed by atoms with Crippen LogP contribution >= 0.6 is 24.0 Å².